The largest absolute Gasteiger partial charge is 0.351 e. The van der Waals surface area contributed by atoms with Crippen LogP contribution in [0, 0.1) is 6.92 Å². The predicted octanol–water partition coefficient (Wildman–Crippen LogP) is 2.04. The number of rotatable bonds is 5. The Kier molecular flexibility index (Phi) is 5.00. The van der Waals surface area contributed by atoms with E-state index in [-0.39, 0.29) is 11.8 Å². The minimum atomic E-state index is -0.218. The van der Waals surface area contributed by atoms with Gasteiger partial charge in [-0.15, -0.1) is 11.3 Å². The summed E-state index contributed by atoms with van der Waals surface area (Å²) in [5.74, 6) is -0.369. The molecule has 0 fully saturated rings. The van der Waals surface area contributed by atoms with Crippen molar-refractivity contribution in [3.63, 3.8) is 0 Å². The molecule has 124 valence electrons. The van der Waals surface area contributed by atoms with Gasteiger partial charge in [-0.25, -0.2) is 10.4 Å². The Morgan fingerprint density at radius 3 is 2.71 bits per heavy atom. The Morgan fingerprint density at radius 1 is 1.29 bits per heavy atom. The highest BCUT2D eigenvalue weighted by Crippen LogP contribution is 2.21. The summed E-state index contributed by atoms with van der Waals surface area (Å²) in [5, 5.41) is 9.72. The first-order valence-electron chi connectivity index (χ1n) is 7.77. The van der Waals surface area contributed by atoms with E-state index in [1.165, 1.54) is 0 Å². The monoisotopic (exact) mass is 342 g/mol. The number of aromatic nitrogens is 1. The molecule has 3 rings (SSSR count). The average molecular weight is 342 g/mol. The number of thiazole rings is 1. The van der Waals surface area contributed by atoms with Gasteiger partial charge in [0, 0.05) is 30.3 Å². The van der Waals surface area contributed by atoms with Gasteiger partial charge >= 0.3 is 0 Å². The van der Waals surface area contributed by atoms with Gasteiger partial charge < -0.3 is 5.32 Å². The van der Waals surface area contributed by atoms with Crippen LogP contribution in [0.1, 0.15) is 23.4 Å². The predicted molar refractivity (Wildman–Crippen MR) is 93.8 cm³/mol. The fraction of sp³-hybridized carbons (Fsp3) is 0.294. The van der Waals surface area contributed by atoms with E-state index in [0.29, 0.717) is 25.1 Å². The number of benzene rings is 1. The Morgan fingerprint density at radius 2 is 2.08 bits per heavy atom. The van der Waals surface area contributed by atoms with Crippen molar-refractivity contribution in [2.24, 2.45) is 5.10 Å². The summed E-state index contributed by atoms with van der Waals surface area (Å²) in [6.07, 6.45) is 1.44. The molecule has 2 heterocycles. The van der Waals surface area contributed by atoms with Gasteiger partial charge in [-0.1, -0.05) is 24.3 Å². The molecule has 0 spiro atoms. The van der Waals surface area contributed by atoms with Crippen LogP contribution in [0.3, 0.4) is 0 Å². The normalized spacial score (nSPS) is 14.0. The van der Waals surface area contributed by atoms with E-state index < -0.39 is 0 Å². The number of amides is 2. The first-order valence-corrected chi connectivity index (χ1v) is 8.65. The number of carbonyl (C=O) groups excluding carboxylic acids is 2. The SMILES string of the molecule is Cc1nc(-c2ccc(CCNC(=O)C3=NNC(=O)CC3)cc2)cs1. The third-order valence-corrected chi connectivity index (χ3v) is 4.51. The van der Waals surface area contributed by atoms with E-state index in [1.807, 2.05) is 24.4 Å². The molecule has 0 saturated carbocycles. The van der Waals surface area contributed by atoms with Gasteiger partial charge in [0.15, 0.2) is 0 Å². The van der Waals surface area contributed by atoms with Gasteiger partial charge in [-0.05, 0) is 18.9 Å². The van der Waals surface area contributed by atoms with E-state index in [2.05, 4.69) is 33.0 Å². The van der Waals surface area contributed by atoms with Crippen LogP contribution in [0.4, 0.5) is 0 Å². The van der Waals surface area contributed by atoms with Crippen molar-refractivity contribution in [2.45, 2.75) is 26.2 Å². The summed E-state index contributed by atoms with van der Waals surface area (Å²) in [6.45, 7) is 2.52. The molecule has 1 aromatic carbocycles. The lowest BCUT2D eigenvalue weighted by Crippen LogP contribution is -2.37. The lowest BCUT2D eigenvalue weighted by molar-refractivity contribution is -0.121. The van der Waals surface area contributed by atoms with Gasteiger partial charge in [0.2, 0.25) is 5.91 Å². The molecule has 1 aliphatic rings. The van der Waals surface area contributed by atoms with Gasteiger partial charge in [0.1, 0.15) is 5.71 Å². The number of aryl methyl sites for hydroxylation is 1. The molecule has 0 radical (unpaired) electrons. The van der Waals surface area contributed by atoms with E-state index in [0.717, 1.165) is 28.2 Å². The topological polar surface area (TPSA) is 83.4 Å². The van der Waals surface area contributed by atoms with Crippen molar-refractivity contribution in [3.05, 3.63) is 40.2 Å². The molecule has 0 atom stereocenters. The Bertz CT molecular complexity index is 780. The molecule has 24 heavy (non-hydrogen) atoms. The summed E-state index contributed by atoms with van der Waals surface area (Å²) in [6, 6.07) is 8.20. The van der Waals surface area contributed by atoms with Gasteiger partial charge in [-0.2, -0.15) is 5.10 Å². The van der Waals surface area contributed by atoms with Crippen LogP contribution < -0.4 is 10.7 Å². The molecular weight excluding hydrogens is 324 g/mol. The van der Waals surface area contributed by atoms with Crippen molar-refractivity contribution in [2.75, 3.05) is 6.54 Å². The average Bonchev–Trinajstić information content (AvgIpc) is 3.02. The second kappa shape index (κ2) is 7.35. The quantitative estimate of drug-likeness (QED) is 0.872. The maximum Gasteiger partial charge on any atom is 0.267 e. The second-order valence-corrected chi connectivity index (χ2v) is 6.61. The number of hydrazone groups is 1. The van der Waals surface area contributed by atoms with Crippen molar-refractivity contribution in [1.29, 1.82) is 0 Å². The second-order valence-electron chi connectivity index (χ2n) is 5.55. The van der Waals surface area contributed by atoms with Crippen molar-refractivity contribution < 1.29 is 9.59 Å². The highest BCUT2D eigenvalue weighted by molar-refractivity contribution is 7.09. The zero-order chi connectivity index (χ0) is 16.9. The highest BCUT2D eigenvalue weighted by atomic mass is 32.1. The summed E-state index contributed by atoms with van der Waals surface area (Å²) >= 11 is 1.64. The molecule has 2 N–H and O–H groups in total. The zero-order valence-electron chi connectivity index (χ0n) is 13.3. The maximum absolute atomic E-state index is 11.9. The van der Waals surface area contributed by atoms with E-state index >= 15 is 0 Å². The number of nitrogens with zero attached hydrogens (tertiary/aromatic N) is 2. The lowest BCUT2D eigenvalue weighted by atomic mass is 10.1. The van der Waals surface area contributed by atoms with Crippen LogP contribution in [-0.2, 0) is 16.0 Å². The number of carbonyl (C=O) groups is 2. The molecule has 0 saturated heterocycles. The number of hydrogen-bond acceptors (Lipinski definition) is 5. The molecule has 0 unspecified atom stereocenters. The summed E-state index contributed by atoms with van der Waals surface area (Å²) < 4.78 is 0. The third kappa shape index (κ3) is 4.05. The first-order chi connectivity index (χ1) is 11.6. The molecular formula is C17H18N4O2S. The molecule has 2 aromatic rings. The smallest absolute Gasteiger partial charge is 0.267 e. The fourth-order valence-corrected chi connectivity index (χ4v) is 3.02. The third-order valence-electron chi connectivity index (χ3n) is 3.73. The number of nitrogens with one attached hydrogen (secondary N) is 2. The van der Waals surface area contributed by atoms with E-state index in [9.17, 15) is 9.59 Å². The minimum absolute atomic E-state index is 0.151. The number of hydrogen-bond donors (Lipinski definition) is 2. The van der Waals surface area contributed by atoms with Crippen LogP contribution in [-0.4, -0.2) is 29.1 Å². The van der Waals surface area contributed by atoms with Crippen LogP contribution in [0.25, 0.3) is 11.3 Å². The first kappa shape index (κ1) is 16.3. The molecule has 1 aromatic heterocycles. The molecule has 2 amide bonds. The molecule has 6 nitrogen and oxygen atoms in total. The molecule has 0 aliphatic carbocycles. The fourth-order valence-electron chi connectivity index (χ4n) is 2.40. The maximum atomic E-state index is 11.9. The summed E-state index contributed by atoms with van der Waals surface area (Å²) in [4.78, 5) is 27.4. The molecule has 1 aliphatic heterocycles. The van der Waals surface area contributed by atoms with Gasteiger partial charge in [-0.3, -0.25) is 9.59 Å². The van der Waals surface area contributed by atoms with Crippen LogP contribution >= 0.6 is 11.3 Å². The Hall–Kier alpha value is -2.54. The van der Waals surface area contributed by atoms with E-state index in [1.54, 1.807) is 11.3 Å². The standard InChI is InChI=1S/C17H18N4O2S/c1-11-19-15(10-24-11)13-4-2-12(3-5-13)8-9-18-17(23)14-6-7-16(22)21-20-14/h2-5,10H,6-9H2,1H3,(H,18,23)(H,21,22). The highest BCUT2D eigenvalue weighted by Gasteiger charge is 2.17. The summed E-state index contributed by atoms with van der Waals surface area (Å²) in [7, 11) is 0. The van der Waals surface area contributed by atoms with Gasteiger partial charge in [0.05, 0.1) is 10.7 Å². The van der Waals surface area contributed by atoms with Crippen molar-refractivity contribution in [3.8, 4) is 11.3 Å². The van der Waals surface area contributed by atoms with Crippen molar-refractivity contribution >= 4 is 28.9 Å². The lowest BCUT2D eigenvalue weighted by Gasteiger charge is -2.12. The summed E-state index contributed by atoms with van der Waals surface area (Å²) in [5.41, 5.74) is 5.94. The zero-order valence-corrected chi connectivity index (χ0v) is 14.2. The Labute approximate surface area is 144 Å². The van der Waals surface area contributed by atoms with E-state index in [4.69, 9.17) is 0 Å². The Balaban J connectivity index is 1.50. The van der Waals surface area contributed by atoms with Crippen LogP contribution in [0.5, 0.6) is 0 Å². The molecule has 0 bridgehead atoms. The van der Waals surface area contributed by atoms with Crippen LogP contribution in [0.15, 0.2) is 34.7 Å². The minimum Gasteiger partial charge on any atom is -0.351 e. The molecule has 7 heteroatoms. The van der Waals surface area contributed by atoms with Crippen LogP contribution in [0.2, 0.25) is 0 Å². The van der Waals surface area contributed by atoms with Crippen molar-refractivity contribution in [1.82, 2.24) is 15.7 Å². The van der Waals surface area contributed by atoms with Gasteiger partial charge in [0.25, 0.3) is 5.91 Å².